The summed E-state index contributed by atoms with van der Waals surface area (Å²) < 4.78 is 0. The largest absolute Gasteiger partial charge is 0.356 e. The molecule has 8 nitrogen and oxygen atoms in total. The van der Waals surface area contributed by atoms with Crippen molar-refractivity contribution in [3.63, 3.8) is 0 Å². The van der Waals surface area contributed by atoms with Crippen LogP contribution in [-0.4, -0.2) is 41.3 Å². The Morgan fingerprint density at radius 1 is 1.26 bits per heavy atom. The first kappa shape index (κ1) is 25.9. The molecule has 10 heteroatoms. The van der Waals surface area contributed by atoms with Gasteiger partial charge in [-0.05, 0) is 43.2 Å². The Kier molecular flexibility index (Phi) is 8.11. The van der Waals surface area contributed by atoms with Crippen LogP contribution in [0.15, 0.2) is 18.2 Å². The molecule has 2 heterocycles. The first-order valence-electron chi connectivity index (χ1n) is 11.2. The van der Waals surface area contributed by atoms with Crippen molar-refractivity contribution in [2.75, 3.05) is 6.54 Å². The van der Waals surface area contributed by atoms with E-state index in [4.69, 9.17) is 23.2 Å². The summed E-state index contributed by atoms with van der Waals surface area (Å²) in [6.07, 6.45) is 2.09. The molecular weight excluding hydrogens is 477 g/mol. The zero-order valence-corrected chi connectivity index (χ0v) is 20.9. The second kappa shape index (κ2) is 10.7. The molecule has 182 valence electrons. The van der Waals surface area contributed by atoms with E-state index < -0.39 is 23.9 Å². The highest BCUT2D eigenvalue weighted by molar-refractivity contribution is 6.45. The number of carbonyl (C=O) groups is 3. The second-order valence-corrected chi connectivity index (χ2v) is 10.6. The number of fused-ring (bicyclic) bond motifs is 1. The highest BCUT2D eigenvalue weighted by Crippen LogP contribution is 2.31. The van der Waals surface area contributed by atoms with E-state index in [1.165, 1.54) is 0 Å². The number of nitrogens with one attached hydrogen (secondary N) is 4. The van der Waals surface area contributed by atoms with E-state index >= 15 is 0 Å². The molecule has 1 fully saturated rings. The average Bonchev–Trinajstić information content (AvgIpc) is 3.21. The van der Waals surface area contributed by atoms with Crippen LogP contribution in [0.5, 0.6) is 0 Å². The van der Waals surface area contributed by atoms with Crippen LogP contribution in [0, 0.1) is 22.7 Å². The third-order valence-corrected chi connectivity index (χ3v) is 6.57. The molecule has 3 rings (SSSR count). The van der Waals surface area contributed by atoms with Gasteiger partial charge in [-0.2, -0.15) is 5.26 Å². The molecule has 1 aromatic heterocycles. The van der Waals surface area contributed by atoms with Crippen LogP contribution in [0.4, 0.5) is 0 Å². The molecule has 2 aromatic rings. The lowest BCUT2D eigenvalue weighted by Gasteiger charge is -2.28. The molecule has 1 unspecified atom stereocenters. The standard InChI is InChI=1S/C24H29Cl2N5O3/c1-24(2,3)11-18(23(34)29-15(12-27)9-14-5-4-8-28-21(14)32)31-22(33)17-10-13-6-7-16(25)19(26)20(13)30-17/h6-7,10,14-15,18,30H,4-5,8-9,11H2,1-3H3,(H,28,32)(H,29,34)(H,31,33)/t14-,15-,18?/m0/s1. The molecule has 3 amide bonds. The van der Waals surface area contributed by atoms with Crippen molar-refractivity contribution in [2.45, 2.75) is 58.5 Å². The molecule has 1 aromatic carbocycles. The fourth-order valence-corrected chi connectivity index (χ4v) is 4.46. The van der Waals surface area contributed by atoms with Crippen LogP contribution < -0.4 is 16.0 Å². The van der Waals surface area contributed by atoms with Gasteiger partial charge in [-0.15, -0.1) is 0 Å². The normalized spacial score (nSPS) is 18.0. The van der Waals surface area contributed by atoms with Gasteiger partial charge >= 0.3 is 0 Å². The number of benzene rings is 1. The van der Waals surface area contributed by atoms with Crippen LogP contribution in [0.25, 0.3) is 10.9 Å². The third-order valence-electron chi connectivity index (χ3n) is 5.76. The quantitative estimate of drug-likeness (QED) is 0.454. The topological polar surface area (TPSA) is 127 Å². The van der Waals surface area contributed by atoms with Gasteiger partial charge in [0.2, 0.25) is 11.8 Å². The van der Waals surface area contributed by atoms with Gasteiger partial charge in [-0.1, -0.05) is 50.0 Å². The zero-order valence-electron chi connectivity index (χ0n) is 19.4. The molecule has 0 spiro atoms. The van der Waals surface area contributed by atoms with Crippen molar-refractivity contribution in [3.05, 3.63) is 33.9 Å². The van der Waals surface area contributed by atoms with Crippen molar-refractivity contribution in [3.8, 4) is 6.07 Å². The van der Waals surface area contributed by atoms with E-state index in [2.05, 4.69) is 27.0 Å². The molecule has 1 aliphatic heterocycles. The number of aromatic amines is 1. The van der Waals surface area contributed by atoms with Crippen molar-refractivity contribution in [1.29, 1.82) is 5.26 Å². The van der Waals surface area contributed by atoms with Crippen LogP contribution >= 0.6 is 23.2 Å². The zero-order chi connectivity index (χ0) is 25.0. The molecule has 1 saturated heterocycles. The molecule has 0 saturated carbocycles. The van der Waals surface area contributed by atoms with E-state index in [1.54, 1.807) is 18.2 Å². The maximum atomic E-state index is 13.1. The number of nitrogens with zero attached hydrogens (tertiary/aromatic N) is 1. The van der Waals surface area contributed by atoms with Gasteiger partial charge in [0.1, 0.15) is 17.8 Å². The first-order chi connectivity index (χ1) is 16.0. The van der Waals surface area contributed by atoms with E-state index in [9.17, 15) is 19.6 Å². The van der Waals surface area contributed by atoms with E-state index in [0.717, 1.165) is 6.42 Å². The summed E-state index contributed by atoms with van der Waals surface area (Å²) in [6, 6.07) is 5.38. The van der Waals surface area contributed by atoms with Gasteiger partial charge in [0.05, 0.1) is 21.6 Å². The maximum absolute atomic E-state index is 13.1. The number of halogens is 2. The van der Waals surface area contributed by atoms with Crippen LogP contribution in [0.1, 0.15) is 56.9 Å². The van der Waals surface area contributed by atoms with Crippen LogP contribution in [0.2, 0.25) is 10.0 Å². The SMILES string of the molecule is CC(C)(C)CC(NC(=O)c1cc2ccc(Cl)c(Cl)c2[nH]1)C(=O)N[C@H](C#N)C[C@@H]1CCCNC1=O. The number of hydrogen-bond acceptors (Lipinski definition) is 4. The summed E-state index contributed by atoms with van der Waals surface area (Å²) >= 11 is 12.3. The number of aromatic nitrogens is 1. The maximum Gasteiger partial charge on any atom is 0.268 e. The van der Waals surface area contributed by atoms with E-state index in [1.807, 2.05) is 20.8 Å². The number of hydrogen-bond donors (Lipinski definition) is 4. The Labute approximate surface area is 208 Å². The minimum absolute atomic E-state index is 0.0992. The van der Waals surface area contributed by atoms with Crippen molar-refractivity contribution in [2.24, 2.45) is 11.3 Å². The lowest BCUT2D eigenvalue weighted by Crippen LogP contribution is -2.51. The van der Waals surface area contributed by atoms with E-state index in [0.29, 0.717) is 40.3 Å². The van der Waals surface area contributed by atoms with E-state index in [-0.39, 0.29) is 29.4 Å². The van der Waals surface area contributed by atoms with Crippen LogP contribution in [-0.2, 0) is 9.59 Å². The Bertz CT molecular complexity index is 1130. The second-order valence-electron chi connectivity index (χ2n) is 9.86. The molecule has 0 aliphatic carbocycles. The molecular formula is C24H29Cl2N5O3. The molecule has 0 radical (unpaired) electrons. The summed E-state index contributed by atoms with van der Waals surface area (Å²) in [4.78, 5) is 41.2. The Balaban J connectivity index is 1.74. The van der Waals surface area contributed by atoms with Crippen LogP contribution in [0.3, 0.4) is 0 Å². The third kappa shape index (κ3) is 6.43. The molecule has 4 N–H and O–H groups in total. The average molecular weight is 506 g/mol. The number of amides is 3. The van der Waals surface area contributed by atoms with Crippen molar-refractivity contribution in [1.82, 2.24) is 20.9 Å². The summed E-state index contributed by atoms with van der Waals surface area (Å²) in [5.74, 6) is -1.37. The van der Waals surface area contributed by atoms with Gasteiger partial charge in [-0.3, -0.25) is 14.4 Å². The van der Waals surface area contributed by atoms with Gasteiger partial charge < -0.3 is 20.9 Å². The summed E-state index contributed by atoms with van der Waals surface area (Å²) in [7, 11) is 0. The predicted octanol–water partition coefficient (Wildman–Crippen LogP) is 3.93. The fourth-order valence-electron chi connectivity index (χ4n) is 4.08. The fraction of sp³-hybridized carbons (Fsp3) is 0.500. The van der Waals surface area contributed by atoms with Gasteiger partial charge in [0.25, 0.3) is 5.91 Å². The molecule has 0 bridgehead atoms. The molecule has 3 atom stereocenters. The summed E-state index contributed by atoms with van der Waals surface area (Å²) in [5, 5.41) is 19.3. The Morgan fingerprint density at radius 2 is 2.00 bits per heavy atom. The first-order valence-corrected chi connectivity index (χ1v) is 12.0. The van der Waals surface area contributed by atoms with Gasteiger partial charge in [-0.25, -0.2) is 0 Å². The smallest absolute Gasteiger partial charge is 0.268 e. The van der Waals surface area contributed by atoms with Gasteiger partial charge in [0.15, 0.2) is 0 Å². The van der Waals surface area contributed by atoms with Gasteiger partial charge in [0, 0.05) is 17.8 Å². The number of carbonyl (C=O) groups excluding carboxylic acids is 3. The summed E-state index contributed by atoms with van der Waals surface area (Å²) in [6.45, 7) is 6.50. The van der Waals surface area contributed by atoms with Crippen molar-refractivity contribution >= 4 is 51.8 Å². The molecule has 34 heavy (non-hydrogen) atoms. The minimum atomic E-state index is -0.881. The Morgan fingerprint density at radius 3 is 2.65 bits per heavy atom. The van der Waals surface area contributed by atoms with Crippen molar-refractivity contribution < 1.29 is 14.4 Å². The summed E-state index contributed by atoms with van der Waals surface area (Å²) in [5.41, 5.74) is 0.492. The monoisotopic (exact) mass is 505 g/mol. The highest BCUT2D eigenvalue weighted by Gasteiger charge is 2.31. The lowest BCUT2D eigenvalue weighted by atomic mass is 9.87. The number of rotatable bonds is 7. The number of piperidine rings is 1. The predicted molar refractivity (Wildman–Crippen MR) is 132 cm³/mol. The highest BCUT2D eigenvalue weighted by atomic mass is 35.5. The Hall–Kier alpha value is -2.76. The minimum Gasteiger partial charge on any atom is -0.356 e. The molecule has 1 aliphatic rings. The lowest BCUT2D eigenvalue weighted by molar-refractivity contribution is -0.128. The number of H-pyrrole nitrogens is 1. The number of nitriles is 1.